The first-order valence-corrected chi connectivity index (χ1v) is 5.62. The number of fused-ring (bicyclic) bond motifs is 1. The normalized spacial score (nSPS) is 10.6. The second-order valence-electron chi connectivity index (χ2n) is 3.99. The predicted molar refractivity (Wildman–Crippen MR) is 68.0 cm³/mol. The molecule has 19 heavy (non-hydrogen) atoms. The van der Waals surface area contributed by atoms with Crippen LogP contribution in [0.15, 0.2) is 42.7 Å². The van der Waals surface area contributed by atoms with Crippen LogP contribution in [-0.4, -0.2) is 16.3 Å². The molecule has 4 nitrogen and oxygen atoms in total. The molecule has 2 aromatic heterocycles. The number of nitrogens with one attached hydrogen (secondary N) is 1. The van der Waals surface area contributed by atoms with Crippen molar-refractivity contribution in [1.29, 1.82) is 0 Å². The summed E-state index contributed by atoms with van der Waals surface area (Å²) in [6.07, 6.45) is 4.02. The number of rotatable bonds is 3. The molecule has 3 aromatic rings. The molecule has 0 radical (unpaired) electrons. The lowest BCUT2D eigenvalue weighted by Crippen LogP contribution is -1.93. The first-order chi connectivity index (χ1) is 9.26. The number of aldehydes is 1. The van der Waals surface area contributed by atoms with Gasteiger partial charge in [-0.3, -0.25) is 4.79 Å². The average Bonchev–Trinajstić information content (AvgIpc) is 2.86. The van der Waals surface area contributed by atoms with Crippen molar-refractivity contribution in [1.82, 2.24) is 9.97 Å². The summed E-state index contributed by atoms with van der Waals surface area (Å²) in [5.41, 5.74) is 1.15. The Morgan fingerprint density at radius 3 is 3.00 bits per heavy atom. The molecule has 5 heteroatoms. The summed E-state index contributed by atoms with van der Waals surface area (Å²) in [7, 11) is 0. The first kappa shape index (κ1) is 11.4. The number of carbonyl (C=O) groups is 1. The van der Waals surface area contributed by atoms with Crippen LogP contribution in [0.4, 0.5) is 4.39 Å². The van der Waals surface area contributed by atoms with Crippen LogP contribution < -0.4 is 4.74 Å². The van der Waals surface area contributed by atoms with Crippen molar-refractivity contribution in [2.45, 2.75) is 0 Å². The Morgan fingerprint density at radius 1 is 1.26 bits per heavy atom. The number of carbonyl (C=O) groups excluding carboxylic acids is 1. The van der Waals surface area contributed by atoms with E-state index < -0.39 is 5.82 Å². The van der Waals surface area contributed by atoms with Gasteiger partial charge in [-0.15, -0.1) is 0 Å². The third-order valence-electron chi connectivity index (χ3n) is 2.73. The Labute approximate surface area is 107 Å². The van der Waals surface area contributed by atoms with Gasteiger partial charge in [-0.25, -0.2) is 9.37 Å². The first-order valence-electron chi connectivity index (χ1n) is 5.62. The second kappa shape index (κ2) is 4.53. The lowest BCUT2D eigenvalue weighted by molar-refractivity contribution is 0.112. The summed E-state index contributed by atoms with van der Waals surface area (Å²) in [6, 6.07) is 7.32. The lowest BCUT2D eigenvalue weighted by Gasteiger charge is -2.07. The predicted octanol–water partition coefficient (Wildman–Crippen LogP) is 3.31. The van der Waals surface area contributed by atoms with Crippen molar-refractivity contribution >= 4 is 17.2 Å². The zero-order valence-electron chi connectivity index (χ0n) is 9.76. The molecule has 1 N–H and O–H groups in total. The average molecular weight is 256 g/mol. The number of aromatic amines is 1. The van der Waals surface area contributed by atoms with E-state index in [-0.39, 0.29) is 11.3 Å². The lowest BCUT2D eigenvalue weighted by atomic mass is 10.2. The molecular weight excluding hydrogens is 247 g/mol. The molecule has 0 aliphatic heterocycles. The Balaban J connectivity index is 1.99. The molecule has 0 spiro atoms. The van der Waals surface area contributed by atoms with Gasteiger partial charge in [0, 0.05) is 23.7 Å². The Kier molecular flexibility index (Phi) is 2.72. The minimum atomic E-state index is -0.469. The zero-order valence-corrected chi connectivity index (χ0v) is 9.76. The summed E-state index contributed by atoms with van der Waals surface area (Å²) in [5, 5.41) is 0.925. The highest BCUT2D eigenvalue weighted by molar-refractivity contribution is 5.80. The fourth-order valence-corrected chi connectivity index (χ4v) is 1.79. The van der Waals surface area contributed by atoms with E-state index in [9.17, 15) is 9.18 Å². The molecule has 0 saturated heterocycles. The zero-order chi connectivity index (χ0) is 13.2. The number of halogens is 1. The maximum absolute atomic E-state index is 13.2. The smallest absolute Gasteiger partial charge is 0.219 e. The van der Waals surface area contributed by atoms with E-state index in [4.69, 9.17) is 4.74 Å². The van der Waals surface area contributed by atoms with Crippen molar-refractivity contribution in [2.75, 3.05) is 0 Å². The van der Waals surface area contributed by atoms with Crippen molar-refractivity contribution < 1.29 is 13.9 Å². The van der Waals surface area contributed by atoms with Crippen LogP contribution in [0.2, 0.25) is 0 Å². The third kappa shape index (κ3) is 2.18. The van der Waals surface area contributed by atoms with Crippen molar-refractivity contribution in [2.24, 2.45) is 0 Å². The highest BCUT2D eigenvalue weighted by Gasteiger charge is 2.07. The van der Waals surface area contributed by atoms with E-state index in [2.05, 4.69) is 9.97 Å². The fourth-order valence-electron chi connectivity index (χ4n) is 1.79. The summed E-state index contributed by atoms with van der Waals surface area (Å²) in [6.45, 7) is 0. The summed E-state index contributed by atoms with van der Waals surface area (Å²) >= 11 is 0. The SMILES string of the molecule is O=Cc1ccc(F)cc1Oc1cc2cc[nH]c2cn1. The van der Waals surface area contributed by atoms with Crippen LogP contribution >= 0.6 is 0 Å². The molecule has 0 bridgehead atoms. The summed E-state index contributed by atoms with van der Waals surface area (Å²) < 4.78 is 18.6. The fraction of sp³-hybridized carbons (Fsp3) is 0. The molecule has 2 heterocycles. The van der Waals surface area contributed by atoms with E-state index in [1.165, 1.54) is 12.1 Å². The van der Waals surface area contributed by atoms with Gasteiger partial charge < -0.3 is 9.72 Å². The molecule has 94 valence electrons. The quantitative estimate of drug-likeness (QED) is 0.731. The van der Waals surface area contributed by atoms with Gasteiger partial charge in [0.25, 0.3) is 0 Å². The van der Waals surface area contributed by atoms with Gasteiger partial charge in [0.1, 0.15) is 11.6 Å². The Morgan fingerprint density at radius 2 is 2.16 bits per heavy atom. The number of nitrogens with zero attached hydrogens (tertiary/aromatic N) is 1. The molecule has 3 rings (SSSR count). The Bertz CT molecular complexity index is 752. The van der Waals surface area contributed by atoms with Crippen LogP contribution in [-0.2, 0) is 0 Å². The molecule has 0 unspecified atom stereocenters. The van der Waals surface area contributed by atoms with E-state index in [0.29, 0.717) is 12.2 Å². The highest BCUT2D eigenvalue weighted by Crippen LogP contribution is 2.25. The molecule has 0 atom stereocenters. The number of pyridine rings is 1. The standard InChI is InChI=1S/C14H9FN2O2/c15-11-2-1-10(8-18)13(6-11)19-14-5-9-3-4-16-12(9)7-17-14/h1-8,16H. The van der Waals surface area contributed by atoms with E-state index in [1.807, 2.05) is 6.07 Å². The number of ether oxygens (including phenoxy) is 1. The molecule has 0 fully saturated rings. The second-order valence-corrected chi connectivity index (χ2v) is 3.99. The monoisotopic (exact) mass is 256 g/mol. The number of benzene rings is 1. The van der Waals surface area contributed by atoms with Crippen molar-refractivity contribution in [3.05, 3.63) is 54.1 Å². The molecule has 1 aromatic carbocycles. The molecule has 0 aliphatic carbocycles. The molecule has 0 aliphatic rings. The van der Waals surface area contributed by atoms with Crippen LogP contribution in [0.25, 0.3) is 10.9 Å². The molecule has 0 amide bonds. The molecular formula is C14H9FN2O2. The largest absolute Gasteiger partial charge is 0.438 e. The van der Waals surface area contributed by atoms with Gasteiger partial charge >= 0.3 is 0 Å². The minimum Gasteiger partial charge on any atom is -0.438 e. The number of aromatic nitrogens is 2. The van der Waals surface area contributed by atoms with Gasteiger partial charge in [-0.1, -0.05) is 0 Å². The third-order valence-corrected chi connectivity index (χ3v) is 2.73. The van der Waals surface area contributed by atoms with Crippen LogP contribution in [0.1, 0.15) is 10.4 Å². The number of H-pyrrole nitrogens is 1. The topological polar surface area (TPSA) is 55.0 Å². The van der Waals surface area contributed by atoms with Gasteiger partial charge in [-0.05, 0) is 18.2 Å². The Hall–Kier alpha value is -2.69. The van der Waals surface area contributed by atoms with E-state index in [0.717, 1.165) is 17.0 Å². The maximum Gasteiger partial charge on any atom is 0.219 e. The van der Waals surface area contributed by atoms with Gasteiger partial charge in [0.05, 0.1) is 17.3 Å². The molecule has 0 saturated carbocycles. The van der Waals surface area contributed by atoms with E-state index >= 15 is 0 Å². The van der Waals surface area contributed by atoms with Crippen LogP contribution in [0.5, 0.6) is 11.6 Å². The maximum atomic E-state index is 13.2. The van der Waals surface area contributed by atoms with Crippen LogP contribution in [0.3, 0.4) is 0 Å². The number of hydrogen-bond acceptors (Lipinski definition) is 3. The minimum absolute atomic E-state index is 0.150. The van der Waals surface area contributed by atoms with E-state index in [1.54, 1.807) is 18.5 Å². The summed E-state index contributed by atoms with van der Waals surface area (Å²) in [4.78, 5) is 18.0. The van der Waals surface area contributed by atoms with Crippen LogP contribution in [0, 0.1) is 5.82 Å². The summed E-state index contributed by atoms with van der Waals surface area (Å²) in [5.74, 6) is -0.0125. The highest BCUT2D eigenvalue weighted by atomic mass is 19.1. The number of hydrogen-bond donors (Lipinski definition) is 1. The van der Waals surface area contributed by atoms with Crippen molar-refractivity contribution in [3.63, 3.8) is 0 Å². The van der Waals surface area contributed by atoms with Gasteiger partial charge in [-0.2, -0.15) is 0 Å². The van der Waals surface area contributed by atoms with Crippen molar-refractivity contribution in [3.8, 4) is 11.6 Å². The van der Waals surface area contributed by atoms with Gasteiger partial charge in [0.15, 0.2) is 6.29 Å². The van der Waals surface area contributed by atoms with Gasteiger partial charge in [0.2, 0.25) is 5.88 Å².